The van der Waals surface area contributed by atoms with Gasteiger partial charge >= 0.3 is 0 Å². The Labute approximate surface area is 147 Å². The Kier molecular flexibility index (Phi) is 5.59. The van der Waals surface area contributed by atoms with Crippen molar-refractivity contribution in [3.05, 3.63) is 12.1 Å². The number of sulfonamides is 1. The maximum atomic E-state index is 12.9. The zero-order chi connectivity index (χ0) is 16.6. The lowest BCUT2D eigenvalue weighted by atomic mass is 10.2. The molecular weight excluding hydrogens is 358 g/mol. The van der Waals surface area contributed by atoms with Crippen LogP contribution >= 0.6 is 12.4 Å². The largest absolute Gasteiger partial charge is 0.495 e. The summed E-state index contributed by atoms with van der Waals surface area (Å²) >= 11 is 0. The first-order valence-corrected chi connectivity index (χ1v) is 8.74. The second-order valence-corrected chi connectivity index (χ2v) is 7.46. The molecule has 1 unspecified atom stereocenters. The average molecular weight is 378 g/mol. The van der Waals surface area contributed by atoms with Crippen molar-refractivity contribution in [1.82, 2.24) is 9.62 Å². The number of nitrogens with one attached hydrogen (secondary N) is 2. The van der Waals surface area contributed by atoms with Gasteiger partial charge in [0.2, 0.25) is 10.0 Å². The standard InChI is InChI=1S/C14H19N3O5S.ClH/c1-9-7-17(4-3-15-9)23(19,20)13-6-11-10(5-12(13)21-2)16-14(18)8-22-11;/h5-6,9,15H,3-4,7-8H2,1-2H3,(H,16,18);1H. The third kappa shape index (κ3) is 3.44. The lowest BCUT2D eigenvalue weighted by Gasteiger charge is -2.31. The van der Waals surface area contributed by atoms with Gasteiger partial charge in [-0.1, -0.05) is 0 Å². The fourth-order valence-electron chi connectivity index (χ4n) is 2.70. The predicted octanol–water partition coefficient (Wildman–Crippen LogP) is 0.430. The fraction of sp³-hybridized carbons (Fsp3) is 0.500. The van der Waals surface area contributed by atoms with Crippen LogP contribution < -0.4 is 20.1 Å². The van der Waals surface area contributed by atoms with Crippen LogP contribution in [0.25, 0.3) is 0 Å². The summed E-state index contributed by atoms with van der Waals surface area (Å²) in [7, 11) is -2.31. The summed E-state index contributed by atoms with van der Waals surface area (Å²) in [6.45, 7) is 3.18. The number of anilines is 1. The highest BCUT2D eigenvalue weighted by atomic mass is 35.5. The van der Waals surface area contributed by atoms with E-state index in [0.29, 0.717) is 31.1 Å². The van der Waals surface area contributed by atoms with E-state index in [2.05, 4.69) is 10.6 Å². The topological polar surface area (TPSA) is 97.0 Å². The van der Waals surface area contributed by atoms with Crippen molar-refractivity contribution in [1.29, 1.82) is 0 Å². The molecule has 8 nitrogen and oxygen atoms in total. The number of rotatable bonds is 3. The van der Waals surface area contributed by atoms with Crippen molar-refractivity contribution in [2.45, 2.75) is 17.9 Å². The van der Waals surface area contributed by atoms with Gasteiger partial charge in [-0.25, -0.2) is 8.42 Å². The van der Waals surface area contributed by atoms with Gasteiger partial charge in [-0.05, 0) is 6.92 Å². The lowest BCUT2D eigenvalue weighted by Crippen LogP contribution is -2.51. The summed E-state index contributed by atoms with van der Waals surface area (Å²) < 4.78 is 37.8. The van der Waals surface area contributed by atoms with Crippen LogP contribution in [0.3, 0.4) is 0 Å². The van der Waals surface area contributed by atoms with Crippen molar-refractivity contribution in [3.8, 4) is 11.5 Å². The number of benzene rings is 1. The lowest BCUT2D eigenvalue weighted by molar-refractivity contribution is -0.118. The summed E-state index contributed by atoms with van der Waals surface area (Å²) in [6.07, 6.45) is 0. The van der Waals surface area contributed by atoms with Gasteiger partial charge in [-0.3, -0.25) is 4.79 Å². The van der Waals surface area contributed by atoms with Gasteiger partial charge in [0.1, 0.15) is 16.4 Å². The van der Waals surface area contributed by atoms with Gasteiger partial charge in [0.05, 0.1) is 12.8 Å². The second kappa shape index (κ2) is 7.14. The Morgan fingerprint density at radius 2 is 2.12 bits per heavy atom. The van der Waals surface area contributed by atoms with Crippen molar-refractivity contribution in [3.63, 3.8) is 0 Å². The Morgan fingerprint density at radius 3 is 2.79 bits per heavy atom. The molecule has 1 saturated heterocycles. The third-order valence-electron chi connectivity index (χ3n) is 3.85. The van der Waals surface area contributed by atoms with Crippen LogP contribution in [-0.2, 0) is 14.8 Å². The summed E-state index contributed by atoms with van der Waals surface area (Å²) in [4.78, 5) is 11.4. The van der Waals surface area contributed by atoms with E-state index in [-0.39, 0.29) is 41.6 Å². The number of carbonyl (C=O) groups excluding carboxylic acids is 1. The van der Waals surface area contributed by atoms with E-state index in [4.69, 9.17) is 9.47 Å². The van der Waals surface area contributed by atoms with Crippen LogP contribution in [0.5, 0.6) is 11.5 Å². The minimum absolute atomic E-state index is 0. The SMILES string of the molecule is COc1cc2c(cc1S(=O)(=O)N1CCNC(C)C1)OCC(=O)N2.Cl. The first-order valence-electron chi connectivity index (χ1n) is 7.30. The number of ether oxygens (including phenoxy) is 2. The van der Waals surface area contributed by atoms with Crippen LogP contribution in [0.4, 0.5) is 5.69 Å². The monoisotopic (exact) mass is 377 g/mol. The van der Waals surface area contributed by atoms with E-state index < -0.39 is 10.0 Å². The number of carbonyl (C=O) groups is 1. The predicted molar refractivity (Wildman–Crippen MR) is 90.6 cm³/mol. The van der Waals surface area contributed by atoms with Crippen molar-refractivity contribution in [2.24, 2.45) is 0 Å². The molecule has 1 fully saturated rings. The van der Waals surface area contributed by atoms with Gasteiger partial charge in [-0.15, -0.1) is 12.4 Å². The van der Waals surface area contributed by atoms with Crippen molar-refractivity contribution < 1.29 is 22.7 Å². The maximum Gasteiger partial charge on any atom is 0.262 e. The molecule has 0 saturated carbocycles. The Hall–Kier alpha value is -1.55. The number of halogens is 1. The van der Waals surface area contributed by atoms with Gasteiger partial charge in [-0.2, -0.15) is 4.31 Å². The third-order valence-corrected chi connectivity index (χ3v) is 5.73. The molecule has 2 aliphatic rings. The van der Waals surface area contributed by atoms with Gasteiger partial charge in [0.15, 0.2) is 6.61 Å². The minimum Gasteiger partial charge on any atom is -0.495 e. The molecule has 1 aromatic rings. The van der Waals surface area contributed by atoms with Crippen molar-refractivity contribution >= 4 is 34.0 Å². The molecule has 1 aromatic carbocycles. The number of hydrogen-bond donors (Lipinski definition) is 2. The second-order valence-electron chi connectivity index (χ2n) is 5.55. The maximum absolute atomic E-state index is 12.9. The number of amides is 1. The van der Waals surface area contributed by atoms with Crippen LogP contribution in [0.2, 0.25) is 0 Å². The Balaban J connectivity index is 0.00000208. The molecule has 1 amide bonds. The first-order chi connectivity index (χ1) is 10.9. The number of hydrogen-bond acceptors (Lipinski definition) is 6. The Bertz CT molecular complexity index is 740. The van der Waals surface area contributed by atoms with E-state index in [1.165, 1.54) is 23.5 Å². The minimum atomic E-state index is -3.71. The normalized spacial score (nSPS) is 21.1. The molecular formula is C14H20ClN3O5S. The Morgan fingerprint density at radius 1 is 1.38 bits per heavy atom. The molecule has 3 rings (SSSR count). The van der Waals surface area contributed by atoms with Gasteiger partial charge in [0.25, 0.3) is 5.91 Å². The molecule has 0 radical (unpaired) electrons. The fourth-order valence-corrected chi connectivity index (χ4v) is 4.39. The molecule has 0 aliphatic carbocycles. The van der Waals surface area contributed by atoms with Crippen LogP contribution in [0, 0.1) is 0 Å². The molecule has 24 heavy (non-hydrogen) atoms. The molecule has 2 aliphatic heterocycles. The molecule has 0 spiro atoms. The molecule has 1 atom stereocenters. The molecule has 2 N–H and O–H groups in total. The highest BCUT2D eigenvalue weighted by molar-refractivity contribution is 7.89. The van der Waals surface area contributed by atoms with E-state index in [9.17, 15) is 13.2 Å². The first kappa shape index (κ1) is 18.8. The van der Waals surface area contributed by atoms with E-state index in [0.717, 1.165) is 0 Å². The summed E-state index contributed by atoms with van der Waals surface area (Å²) in [5, 5.41) is 5.85. The van der Waals surface area contributed by atoms with Gasteiger partial charge in [0, 0.05) is 37.8 Å². The number of nitrogens with zero attached hydrogens (tertiary/aromatic N) is 1. The van der Waals surface area contributed by atoms with E-state index in [1.54, 1.807) is 0 Å². The zero-order valence-corrected chi connectivity index (χ0v) is 15.0. The number of fused-ring (bicyclic) bond motifs is 1. The molecule has 0 bridgehead atoms. The summed E-state index contributed by atoms with van der Waals surface area (Å²) in [5.41, 5.74) is 0.408. The molecule has 0 aromatic heterocycles. The van der Waals surface area contributed by atoms with Crippen LogP contribution in [-0.4, -0.2) is 58.0 Å². The molecule has 2 heterocycles. The summed E-state index contributed by atoms with van der Waals surface area (Å²) in [6, 6.07) is 2.97. The smallest absolute Gasteiger partial charge is 0.262 e. The van der Waals surface area contributed by atoms with E-state index in [1.807, 2.05) is 6.92 Å². The average Bonchev–Trinajstić information content (AvgIpc) is 2.53. The number of methoxy groups -OCH3 is 1. The quantitative estimate of drug-likeness (QED) is 0.793. The molecule has 10 heteroatoms. The van der Waals surface area contributed by atoms with E-state index >= 15 is 0 Å². The zero-order valence-electron chi connectivity index (χ0n) is 13.4. The highest BCUT2D eigenvalue weighted by Gasteiger charge is 2.32. The van der Waals surface area contributed by atoms with Gasteiger partial charge < -0.3 is 20.1 Å². The summed E-state index contributed by atoms with van der Waals surface area (Å²) in [5.74, 6) is 0.221. The molecule has 134 valence electrons. The highest BCUT2D eigenvalue weighted by Crippen LogP contribution is 2.38. The van der Waals surface area contributed by atoms with Crippen LogP contribution in [0.15, 0.2) is 17.0 Å². The number of piperazine rings is 1. The van der Waals surface area contributed by atoms with Crippen LogP contribution in [0.1, 0.15) is 6.92 Å². The van der Waals surface area contributed by atoms with Crippen molar-refractivity contribution in [2.75, 3.05) is 38.7 Å².